The third-order valence-corrected chi connectivity index (χ3v) is 12.4. The summed E-state index contributed by atoms with van der Waals surface area (Å²) in [6.45, 7) is 10.3. The Morgan fingerprint density at radius 1 is 1.01 bits per heavy atom. The van der Waals surface area contributed by atoms with Gasteiger partial charge in [0.15, 0.2) is 4.84 Å². The number of ether oxygens (including phenoxy) is 3. The van der Waals surface area contributed by atoms with Crippen LogP contribution in [0.5, 0.6) is 5.75 Å². The Balaban J connectivity index is 0.000000349. The minimum absolute atomic E-state index is 0.0223. The number of fused-ring (bicyclic) bond motifs is 1. The third-order valence-electron chi connectivity index (χ3n) is 10.6. The number of carboxylic acid groups (broad SMARTS) is 1. The van der Waals surface area contributed by atoms with Gasteiger partial charge in [0, 0.05) is 23.3 Å². The van der Waals surface area contributed by atoms with E-state index < -0.39 is 37.2 Å². The Hall–Kier alpha value is -4.17. The second-order valence-corrected chi connectivity index (χ2v) is 23.4. The largest absolute Gasteiger partial charge is 0.778 e. The Kier molecular flexibility index (Phi) is 29.6. The molecule has 0 saturated heterocycles. The minimum Gasteiger partial charge on any atom is -0.778 e. The van der Waals surface area contributed by atoms with Gasteiger partial charge in [0.25, 0.3) is 17.7 Å². The number of nitrogens with one attached hydrogen (secondary N) is 1. The normalized spacial score (nSPS) is 16.0. The van der Waals surface area contributed by atoms with Gasteiger partial charge in [0.2, 0.25) is 5.91 Å². The number of methoxy groups -OCH3 is 1. The number of hydrogen-bond acceptors (Lipinski definition) is 12. The van der Waals surface area contributed by atoms with Crippen molar-refractivity contribution in [2.24, 2.45) is 0 Å². The number of aryl methyl sites for hydroxylation is 2. The van der Waals surface area contributed by atoms with E-state index in [-0.39, 0.29) is 53.2 Å². The Morgan fingerprint density at radius 3 is 2.13 bits per heavy atom. The molecular formula is C51H66Cl5N4O13PS. The maximum absolute atomic E-state index is 12.7. The lowest BCUT2D eigenvalue weighted by Gasteiger charge is -2.35. The van der Waals surface area contributed by atoms with Gasteiger partial charge >= 0.3 is 11.9 Å². The van der Waals surface area contributed by atoms with Crippen molar-refractivity contribution in [1.29, 1.82) is 0 Å². The quantitative estimate of drug-likeness (QED) is 0.0323. The summed E-state index contributed by atoms with van der Waals surface area (Å²) in [6.07, 6.45) is 11.2. The van der Waals surface area contributed by atoms with Gasteiger partial charge in [-0.2, -0.15) is 0 Å². The first-order valence-corrected chi connectivity index (χ1v) is 29.8. The van der Waals surface area contributed by atoms with Gasteiger partial charge in [-0.05, 0) is 124 Å². The highest BCUT2D eigenvalue weighted by Gasteiger charge is 2.40. The van der Waals surface area contributed by atoms with Gasteiger partial charge < -0.3 is 43.5 Å². The second kappa shape index (κ2) is 33.2. The molecule has 0 saturated carbocycles. The number of alkyl halides is 3. The van der Waals surface area contributed by atoms with E-state index in [0.717, 1.165) is 41.8 Å². The maximum atomic E-state index is 12.7. The molecule has 75 heavy (non-hydrogen) atoms. The number of nitrogens with zero attached hydrogens (tertiary/aromatic N) is 3. The van der Waals surface area contributed by atoms with E-state index in [0.29, 0.717) is 70.1 Å². The molecule has 1 aliphatic carbocycles. The average Bonchev–Trinajstić information content (AvgIpc) is 3.60. The molecule has 6 rings (SSSR count). The first kappa shape index (κ1) is 66.9. The Morgan fingerprint density at radius 2 is 1.61 bits per heavy atom. The summed E-state index contributed by atoms with van der Waals surface area (Å²) in [5.74, 6) is -2.14. The molecule has 0 spiro atoms. The smallest absolute Gasteiger partial charge is 0.349 e. The van der Waals surface area contributed by atoms with Gasteiger partial charge in [-0.15, -0.1) is 11.6 Å². The molecule has 3 aliphatic rings. The highest BCUT2D eigenvalue weighted by molar-refractivity contribution is 7.94. The molecule has 3 aromatic carbocycles. The summed E-state index contributed by atoms with van der Waals surface area (Å²) in [6, 6.07) is 18.1. The van der Waals surface area contributed by atoms with Crippen molar-refractivity contribution >= 4 is 135 Å². The van der Waals surface area contributed by atoms with Crippen LogP contribution < -0.4 is 29.6 Å². The zero-order valence-corrected chi connectivity index (χ0v) is 48.8. The Bertz CT molecular complexity index is 2530. The molecular weight excluding hydrogens is 1120 g/mol. The van der Waals surface area contributed by atoms with Crippen molar-refractivity contribution in [2.45, 2.75) is 83.6 Å². The van der Waals surface area contributed by atoms with Crippen LogP contribution in [0.25, 0.3) is 6.08 Å². The number of carboxylic acids is 1. The number of carbonyl (C=O) groups is 6. The fourth-order valence-electron chi connectivity index (χ4n) is 7.52. The number of carbonyl (C=O) groups excluding carboxylic acids is 5. The average molecular weight is 1180 g/mol. The molecule has 4 amide bonds. The molecule has 3 unspecified atom stereocenters. The van der Waals surface area contributed by atoms with Crippen molar-refractivity contribution in [3.05, 3.63) is 98.6 Å². The molecule has 3 N–H and O–H groups in total. The molecule has 3 aromatic rings. The van der Waals surface area contributed by atoms with E-state index in [1.165, 1.54) is 11.0 Å². The number of esters is 1. The monoisotopic (exact) mass is 1180 g/mol. The van der Waals surface area contributed by atoms with Gasteiger partial charge in [0.05, 0.1) is 74.0 Å². The first-order valence-electron chi connectivity index (χ1n) is 23.4. The molecule has 17 nitrogen and oxygen atoms in total. The van der Waals surface area contributed by atoms with Crippen molar-refractivity contribution in [3.63, 3.8) is 0 Å². The summed E-state index contributed by atoms with van der Waals surface area (Å²) in [7, 11) is -2.07. The van der Waals surface area contributed by atoms with Crippen LogP contribution in [0.1, 0.15) is 70.1 Å². The standard InChI is InChI=1S/C19H17Cl2NO4.C15H22ClNO2.C11H11Cl2NO2.C3H8NO5P.C3H9S/c1-2-26-19(25)16(21)10-11-9-12(7-8-15(11)20)22-17(23)13-5-3-4-6-14(13)18(22)24;1-5-13-8-6-7-11(2)15(13)17(14(18)9-16)12(3)10-19-4;1-7-6-16-9-5-3-2-4-8(9)14(7)11(15)10(12)13;5-3(6)1-4-2-10(7,8)9;1-4(2)3/h7-10H,2-6H2,1H3;6-8,12H,5,9-10H2,1-4H3;2-5,7,10H,6H2,1H3;4H,1-2H2,(H,5,6)(H2,7,8,9);1-3H3/q;;;;+1/p-1/b16-10-;;;;. The summed E-state index contributed by atoms with van der Waals surface area (Å²) in [5.41, 5.74) is 5.97. The molecule has 24 heteroatoms. The molecule has 2 heterocycles. The van der Waals surface area contributed by atoms with Crippen LogP contribution in [-0.2, 0) is 60.1 Å². The van der Waals surface area contributed by atoms with E-state index in [4.69, 9.17) is 82.2 Å². The predicted molar refractivity (Wildman–Crippen MR) is 300 cm³/mol. The summed E-state index contributed by atoms with van der Waals surface area (Å²) < 4.78 is 25.5. The number of amides is 4. The number of anilines is 3. The number of hydrogen-bond donors (Lipinski definition) is 3. The molecule has 0 bridgehead atoms. The Labute approximate surface area is 467 Å². The lowest BCUT2D eigenvalue weighted by Crippen LogP contribution is -2.47. The van der Waals surface area contributed by atoms with Crippen molar-refractivity contribution < 1.29 is 62.4 Å². The zero-order chi connectivity index (χ0) is 56.7. The summed E-state index contributed by atoms with van der Waals surface area (Å²) >= 11 is 29.1. The van der Waals surface area contributed by atoms with Crippen molar-refractivity contribution in [1.82, 2.24) is 5.32 Å². The predicted octanol–water partition coefficient (Wildman–Crippen LogP) is 8.65. The summed E-state index contributed by atoms with van der Waals surface area (Å²) in [5, 5.41) is 10.2. The fourth-order valence-corrected chi connectivity index (χ4v) is 8.59. The van der Waals surface area contributed by atoms with Crippen LogP contribution in [0.2, 0.25) is 5.02 Å². The molecule has 414 valence electrons. The number of halogens is 5. The molecule has 0 aromatic heterocycles. The molecule has 0 fully saturated rings. The van der Waals surface area contributed by atoms with E-state index >= 15 is 0 Å². The minimum atomic E-state index is -4.35. The maximum Gasteiger partial charge on any atom is 0.349 e. The molecule has 2 aliphatic heterocycles. The van der Waals surface area contributed by atoms with E-state index in [2.05, 4.69) is 31.8 Å². The SMILES string of the molecule is CC1COc2ccccc2N1C(=O)C(Cl)Cl.CCOC(=O)/C(Cl)=C/c1cc(N2C(=O)C3=C(CCCC3)C2=O)ccc1Cl.CCc1cccc(C)c1N(C(=O)CCl)C(C)COC.C[S+](C)C.O=C(O)CNCP(=O)([O-])O. The highest BCUT2D eigenvalue weighted by atomic mass is 35.5. The van der Waals surface area contributed by atoms with Gasteiger partial charge in [-0.25, -0.2) is 9.69 Å². The van der Waals surface area contributed by atoms with Gasteiger partial charge in [0.1, 0.15) is 30.9 Å². The van der Waals surface area contributed by atoms with Gasteiger partial charge in [-0.3, -0.25) is 29.3 Å². The van der Waals surface area contributed by atoms with E-state index in [1.54, 1.807) is 42.0 Å². The van der Waals surface area contributed by atoms with Crippen molar-refractivity contribution in [2.75, 3.05) is 79.1 Å². The lowest BCUT2D eigenvalue weighted by molar-refractivity contribution is -0.193. The van der Waals surface area contributed by atoms with Gasteiger partial charge in [-0.1, -0.05) is 83.7 Å². The van der Waals surface area contributed by atoms with Crippen LogP contribution in [0.3, 0.4) is 0 Å². The van der Waals surface area contributed by atoms with Crippen molar-refractivity contribution in [3.8, 4) is 5.75 Å². The molecule has 3 atom stereocenters. The topological polar surface area (TPSA) is 232 Å². The number of benzene rings is 3. The number of para-hydroxylation sites is 3. The second-order valence-electron chi connectivity index (χ2n) is 17.1. The van der Waals surface area contributed by atoms with Crippen LogP contribution in [-0.4, -0.2) is 127 Å². The fraction of sp³-hybridized carbons (Fsp3) is 0.451. The highest BCUT2D eigenvalue weighted by Crippen LogP contribution is 2.38. The first-order chi connectivity index (χ1) is 35.3. The molecule has 0 radical (unpaired) electrons. The van der Waals surface area contributed by atoms with Crippen LogP contribution in [0.4, 0.5) is 17.1 Å². The number of rotatable bonds is 15. The van der Waals surface area contributed by atoms with E-state index in [1.807, 2.05) is 62.5 Å². The summed E-state index contributed by atoms with van der Waals surface area (Å²) in [4.78, 5) is 92.3. The van der Waals surface area contributed by atoms with Crippen LogP contribution in [0.15, 0.2) is 76.8 Å². The lowest BCUT2D eigenvalue weighted by atomic mass is 9.93. The van der Waals surface area contributed by atoms with Crippen LogP contribution in [0, 0.1) is 6.92 Å². The van der Waals surface area contributed by atoms with E-state index in [9.17, 15) is 38.2 Å². The number of imide groups is 1. The number of aliphatic carboxylic acids is 1. The third kappa shape index (κ3) is 21.3. The zero-order valence-electron chi connectivity index (χ0n) is 43.3. The van der Waals surface area contributed by atoms with Crippen LogP contribution >= 0.6 is 65.6 Å².